The number of methoxy groups -OCH3 is 1. The van der Waals surface area contributed by atoms with Crippen LogP contribution in [0.5, 0.6) is 5.75 Å². The second kappa shape index (κ2) is 13.8. The zero-order chi connectivity index (χ0) is 29.4. The molecule has 3 aromatic carbocycles. The van der Waals surface area contributed by atoms with Crippen molar-refractivity contribution in [1.29, 1.82) is 0 Å². The van der Waals surface area contributed by atoms with E-state index in [1.165, 1.54) is 24.1 Å². The first-order valence-corrected chi connectivity index (χ1v) is 15.3. The van der Waals surface area contributed by atoms with E-state index in [-0.39, 0.29) is 17.3 Å². The third-order valence-electron chi connectivity index (χ3n) is 6.65. The molecule has 0 saturated carbocycles. The van der Waals surface area contributed by atoms with Crippen LogP contribution < -0.4 is 14.4 Å². The predicted molar refractivity (Wildman–Crippen MR) is 161 cm³/mol. The second-order valence-electron chi connectivity index (χ2n) is 9.41. The van der Waals surface area contributed by atoms with E-state index in [9.17, 15) is 18.0 Å². The smallest absolute Gasteiger partial charge is 0.264 e. The third kappa shape index (κ3) is 7.22. The minimum absolute atomic E-state index is 0.00484. The van der Waals surface area contributed by atoms with Crippen molar-refractivity contribution < 1.29 is 22.7 Å². The number of hydrogen-bond donors (Lipinski definition) is 1. The Balaban J connectivity index is 2.09. The van der Waals surface area contributed by atoms with Crippen LogP contribution in [-0.2, 0) is 26.2 Å². The van der Waals surface area contributed by atoms with Gasteiger partial charge in [-0.1, -0.05) is 48.9 Å². The number of halogens is 1. The molecule has 3 aromatic rings. The third-order valence-corrected chi connectivity index (χ3v) is 9.04. The summed E-state index contributed by atoms with van der Waals surface area (Å²) in [5.41, 5.74) is 3.13. The second-order valence-corrected chi connectivity index (χ2v) is 12.1. The number of nitrogens with one attached hydrogen (secondary N) is 1. The van der Waals surface area contributed by atoms with Gasteiger partial charge in [0.05, 0.1) is 22.2 Å². The number of carbonyl (C=O) groups is 2. The molecule has 0 spiro atoms. The predicted octanol–water partition coefficient (Wildman–Crippen LogP) is 5.21. The molecule has 0 bridgehead atoms. The van der Waals surface area contributed by atoms with Crippen molar-refractivity contribution in [2.45, 2.75) is 51.6 Å². The van der Waals surface area contributed by atoms with E-state index in [1.807, 2.05) is 52.0 Å². The van der Waals surface area contributed by atoms with Crippen LogP contribution in [0.1, 0.15) is 37.0 Å². The Morgan fingerprint density at radius 2 is 1.68 bits per heavy atom. The molecule has 0 aliphatic rings. The van der Waals surface area contributed by atoms with Gasteiger partial charge in [-0.05, 0) is 84.6 Å². The summed E-state index contributed by atoms with van der Waals surface area (Å²) in [6.07, 6.45) is 0.367. The summed E-state index contributed by atoms with van der Waals surface area (Å²) < 4.78 is 34.9. The Morgan fingerprint density at radius 1 is 1.00 bits per heavy atom. The number of likely N-dealkylation sites (N-methyl/N-ethyl adjacent to an activating group) is 1. The lowest BCUT2D eigenvalue weighted by Gasteiger charge is -2.33. The summed E-state index contributed by atoms with van der Waals surface area (Å²) in [6.45, 7) is 7.58. The van der Waals surface area contributed by atoms with Gasteiger partial charge in [0.25, 0.3) is 10.0 Å². The highest BCUT2D eigenvalue weighted by Crippen LogP contribution is 2.31. The fourth-order valence-electron chi connectivity index (χ4n) is 4.36. The molecule has 1 N–H and O–H groups in total. The van der Waals surface area contributed by atoms with Crippen LogP contribution in [-0.4, -0.2) is 51.4 Å². The van der Waals surface area contributed by atoms with Gasteiger partial charge in [0, 0.05) is 13.1 Å². The molecule has 0 fully saturated rings. The Morgan fingerprint density at radius 3 is 2.25 bits per heavy atom. The average Bonchev–Trinajstić information content (AvgIpc) is 2.93. The fourth-order valence-corrected chi connectivity index (χ4v) is 6.49. The minimum atomic E-state index is -4.19. The summed E-state index contributed by atoms with van der Waals surface area (Å²) in [7, 11) is -2.69. The minimum Gasteiger partial charge on any atom is -0.496 e. The first-order chi connectivity index (χ1) is 19.0. The Hall–Kier alpha value is -3.37. The number of aryl methyl sites for hydroxylation is 2. The normalized spacial score (nSPS) is 11.9. The lowest BCUT2D eigenvalue weighted by atomic mass is 10.1. The Bertz CT molecular complexity index is 1440. The molecule has 0 saturated heterocycles. The van der Waals surface area contributed by atoms with E-state index in [4.69, 9.17) is 4.74 Å². The summed E-state index contributed by atoms with van der Waals surface area (Å²) >= 11 is 3.36. The van der Waals surface area contributed by atoms with E-state index in [2.05, 4.69) is 21.2 Å². The van der Waals surface area contributed by atoms with Crippen LogP contribution in [0.3, 0.4) is 0 Å². The number of nitrogens with zero attached hydrogens (tertiary/aromatic N) is 2. The van der Waals surface area contributed by atoms with Gasteiger partial charge in [0.2, 0.25) is 11.8 Å². The zero-order valence-corrected chi connectivity index (χ0v) is 25.9. The Kier molecular flexibility index (Phi) is 10.8. The molecule has 1 atom stereocenters. The maximum Gasteiger partial charge on any atom is 0.264 e. The highest BCUT2D eigenvalue weighted by Gasteiger charge is 2.34. The molecule has 10 heteroatoms. The summed E-state index contributed by atoms with van der Waals surface area (Å²) in [5, 5.41) is 2.81. The number of benzene rings is 3. The highest BCUT2D eigenvalue weighted by atomic mass is 79.9. The molecule has 2 amide bonds. The molecule has 0 radical (unpaired) electrons. The molecular formula is C30H36BrN3O5S. The quantitative estimate of drug-likeness (QED) is 0.297. The molecule has 0 unspecified atom stereocenters. The van der Waals surface area contributed by atoms with Crippen molar-refractivity contribution >= 4 is 43.5 Å². The van der Waals surface area contributed by atoms with Crippen molar-refractivity contribution in [1.82, 2.24) is 10.2 Å². The average molecular weight is 631 g/mol. The number of ether oxygens (including phenoxy) is 1. The molecule has 8 nitrogen and oxygen atoms in total. The fraction of sp³-hybridized carbons (Fsp3) is 0.333. The number of rotatable bonds is 12. The van der Waals surface area contributed by atoms with Gasteiger partial charge in [-0.3, -0.25) is 13.9 Å². The first-order valence-electron chi connectivity index (χ1n) is 13.1. The molecule has 0 aliphatic heterocycles. The SMILES string of the molecule is CCNC(=O)[C@@H](CC)N(Cc1ccccc1C)C(=O)CN(c1ccc(C)cc1)S(=O)(=O)c1ccc(OC)c(Br)c1. The van der Waals surface area contributed by atoms with Crippen molar-refractivity contribution in [3.63, 3.8) is 0 Å². The molecule has 214 valence electrons. The first kappa shape index (κ1) is 31.2. The van der Waals surface area contributed by atoms with E-state index in [1.54, 1.807) is 30.3 Å². The van der Waals surface area contributed by atoms with Gasteiger partial charge in [0.1, 0.15) is 18.3 Å². The standard InChI is InChI=1S/C30H36BrN3O5S/c1-6-27(30(36)32-7-2)33(19-23-11-9-8-10-22(23)4)29(35)20-34(24-14-12-21(3)13-15-24)40(37,38)25-16-17-28(39-5)26(31)18-25/h8-18,27H,6-7,19-20H2,1-5H3,(H,32,36)/t27-/m1/s1. The van der Waals surface area contributed by atoms with Gasteiger partial charge >= 0.3 is 0 Å². The van der Waals surface area contributed by atoms with Crippen molar-refractivity contribution in [3.8, 4) is 5.75 Å². The monoisotopic (exact) mass is 629 g/mol. The maximum atomic E-state index is 14.1. The molecular weight excluding hydrogens is 594 g/mol. The zero-order valence-electron chi connectivity index (χ0n) is 23.5. The highest BCUT2D eigenvalue weighted by molar-refractivity contribution is 9.10. The number of amides is 2. The van der Waals surface area contributed by atoms with Crippen molar-refractivity contribution in [2.24, 2.45) is 0 Å². The number of sulfonamides is 1. The van der Waals surface area contributed by atoms with Gasteiger partial charge in [-0.25, -0.2) is 8.42 Å². The van der Waals surface area contributed by atoms with Crippen LogP contribution in [0.25, 0.3) is 0 Å². The number of anilines is 1. The lowest BCUT2D eigenvalue weighted by molar-refractivity contribution is -0.140. The number of hydrogen-bond acceptors (Lipinski definition) is 5. The van der Waals surface area contributed by atoms with Gasteiger partial charge in [-0.15, -0.1) is 0 Å². The number of carbonyl (C=O) groups excluding carboxylic acids is 2. The molecule has 3 rings (SSSR count). The van der Waals surface area contributed by atoms with Gasteiger partial charge < -0.3 is 15.0 Å². The van der Waals surface area contributed by atoms with Crippen LogP contribution in [0.2, 0.25) is 0 Å². The van der Waals surface area contributed by atoms with Gasteiger partial charge in [-0.2, -0.15) is 0 Å². The molecule has 40 heavy (non-hydrogen) atoms. The summed E-state index contributed by atoms with van der Waals surface area (Å²) in [6, 6.07) is 18.2. The van der Waals surface area contributed by atoms with Crippen LogP contribution >= 0.6 is 15.9 Å². The van der Waals surface area contributed by atoms with Crippen molar-refractivity contribution in [3.05, 3.63) is 87.9 Å². The van der Waals surface area contributed by atoms with E-state index < -0.39 is 28.5 Å². The van der Waals surface area contributed by atoms with E-state index in [0.717, 1.165) is 21.0 Å². The molecule has 0 aromatic heterocycles. The lowest BCUT2D eigenvalue weighted by Crippen LogP contribution is -2.52. The Labute approximate surface area is 245 Å². The van der Waals surface area contributed by atoms with Crippen LogP contribution in [0.15, 0.2) is 76.1 Å². The van der Waals surface area contributed by atoms with E-state index in [0.29, 0.717) is 28.9 Å². The van der Waals surface area contributed by atoms with Crippen LogP contribution in [0, 0.1) is 13.8 Å². The topological polar surface area (TPSA) is 96.0 Å². The molecule has 0 aliphatic carbocycles. The maximum absolute atomic E-state index is 14.1. The summed E-state index contributed by atoms with van der Waals surface area (Å²) in [4.78, 5) is 28.6. The van der Waals surface area contributed by atoms with Gasteiger partial charge in [0.15, 0.2) is 0 Å². The van der Waals surface area contributed by atoms with Crippen molar-refractivity contribution in [2.75, 3.05) is 24.5 Å². The van der Waals surface area contributed by atoms with Crippen LogP contribution in [0.4, 0.5) is 5.69 Å². The summed E-state index contributed by atoms with van der Waals surface area (Å²) in [5.74, 6) is -0.289. The molecule has 0 heterocycles. The van der Waals surface area contributed by atoms with E-state index >= 15 is 0 Å². The largest absolute Gasteiger partial charge is 0.496 e.